The third-order valence-corrected chi connectivity index (χ3v) is 11.6. The third-order valence-electron chi connectivity index (χ3n) is 11.6. The Morgan fingerprint density at radius 3 is 2.33 bits per heavy atom. The van der Waals surface area contributed by atoms with Crippen molar-refractivity contribution < 1.29 is 19.1 Å². The maximum Gasteiger partial charge on any atom is 0.167 e. The number of hydrogen-bond donors (Lipinski definition) is 1. The maximum atomic E-state index is 14.0. The van der Waals surface area contributed by atoms with E-state index in [-0.39, 0.29) is 17.0 Å². The number of ketones is 2. The van der Waals surface area contributed by atoms with Gasteiger partial charge >= 0.3 is 0 Å². The number of anilines is 1. The molecule has 4 aliphatic rings. The molecular weight excluding hydrogens is 689 g/mol. The number of nitrogens with zero attached hydrogens (tertiary/aromatic N) is 5. The van der Waals surface area contributed by atoms with Gasteiger partial charge in [0.25, 0.3) is 0 Å². The lowest BCUT2D eigenvalue weighted by molar-refractivity contribution is 0.0868. The van der Waals surface area contributed by atoms with Gasteiger partial charge in [-0.2, -0.15) is 0 Å². The number of carbonyl (C=O) groups is 2. The Balaban J connectivity index is 1.02. The van der Waals surface area contributed by atoms with Gasteiger partial charge in [0.05, 0.1) is 24.3 Å². The molecule has 0 saturated heterocycles. The monoisotopic (exact) mass is 736 g/mol. The molecule has 10 heteroatoms. The smallest absolute Gasteiger partial charge is 0.167 e. The Hall–Kier alpha value is -5.38. The number of ether oxygens (including phenoxy) is 2. The van der Waals surface area contributed by atoms with E-state index in [0.717, 1.165) is 75.6 Å². The molecule has 5 aromatic rings. The van der Waals surface area contributed by atoms with Crippen LogP contribution in [0.1, 0.15) is 116 Å². The molecule has 282 valence electrons. The summed E-state index contributed by atoms with van der Waals surface area (Å²) in [6.07, 6.45) is 13.1. The van der Waals surface area contributed by atoms with Gasteiger partial charge in [0, 0.05) is 84.2 Å². The Morgan fingerprint density at radius 1 is 0.855 bits per heavy atom. The number of carbonyl (C=O) groups excluding carboxylic acids is 2. The standard InChI is InChI=1S/C45H48N6O4/c1-26(2)15-40-47-21-34-35(29-10-12-31-36(52)18-44(3,4)24-54-38(31)17-29)22-51(43(34)49-40)23-45(5)19-37(53)32-11-9-28(16-39(32)55-25-45)30-13-14-46-42-33(30)20-48-41(50-42)27-7-6-8-27/h9-13,16-17,20-22,26-27H,6-8,14-15,18-19,23-25H2,1-5H3,(H,46,48,50). The molecule has 1 fully saturated rings. The Kier molecular flexibility index (Phi) is 8.62. The van der Waals surface area contributed by atoms with Gasteiger partial charge < -0.3 is 19.4 Å². The van der Waals surface area contributed by atoms with Crippen LogP contribution in [0.2, 0.25) is 0 Å². The van der Waals surface area contributed by atoms with E-state index in [4.69, 9.17) is 29.4 Å². The second-order valence-corrected chi connectivity index (χ2v) is 17.6. The molecule has 1 N–H and O–H groups in total. The van der Waals surface area contributed by atoms with Crippen molar-refractivity contribution in [2.24, 2.45) is 16.7 Å². The number of nitrogens with one attached hydrogen (secondary N) is 1. The van der Waals surface area contributed by atoms with E-state index in [0.29, 0.717) is 73.6 Å². The van der Waals surface area contributed by atoms with Crippen LogP contribution in [0, 0.1) is 16.7 Å². The first kappa shape index (κ1) is 35.3. The average Bonchev–Trinajstić information content (AvgIpc) is 3.34. The molecular formula is C45H48N6O4. The van der Waals surface area contributed by atoms with E-state index in [2.05, 4.69) is 56.8 Å². The number of benzene rings is 2. The highest BCUT2D eigenvalue weighted by Crippen LogP contribution is 2.42. The average molecular weight is 737 g/mol. The molecule has 0 amide bonds. The van der Waals surface area contributed by atoms with Crippen molar-refractivity contribution in [3.05, 3.63) is 95.0 Å². The van der Waals surface area contributed by atoms with Crippen molar-refractivity contribution in [1.29, 1.82) is 0 Å². The van der Waals surface area contributed by atoms with E-state index >= 15 is 0 Å². The normalized spacial score (nSPS) is 20.6. The zero-order chi connectivity index (χ0) is 38.1. The molecule has 55 heavy (non-hydrogen) atoms. The lowest BCUT2D eigenvalue weighted by atomic mass is 9.84. The topological polar surface area (TPSA) is 121 Å². The van der Waals surface area contributed by atoms with E-state index < -0.39 is 5.41 Å². The van der Waals surface area contributed by atoms with Gasteiger partial charge in [-0.3, -0.25) is 9.59 Å². The predicted octanol–water partition coefficient (Wildman–Crippen LogP) is 8.87. The first-order valence-corrected chi connectivity index (χ1v) is 19.7. The lowest BCUT2D eigenvalue weighted by Crippen LogP contribution is -2.31. The van der Waals surface area contributed by atoms with Crippen molar-refractivity contribution in [1.82, 2.24) is 24.5 Å². The SMILES string of the molecule is CC(C)Cc1ncc2c(-c3ccc4c(c3)OCC(C)(C)CC4=O)cn(CC3(C)COc4cc(C5=CCNc6nc(C7CCC7)ncc65)ccc4C(=O)C3)c2n1. The fourth-order valence-corrected chi connectivity index (χ4v) is 8.37. The largest absolute Gasteiger partial charge is 0.492 e. The maximum absolute atomic E-state index is 14.0. The highest BCUT2D eigenvalue weighted by molar-refractivity contribution is 6.02. The first-order valence-electron chi connectivity index (χ1n) is 19.7. The molecule has 1 aliphatic carbocycles. The molecule has 0 radical (unpaired) electrons. The van der Waals surface area contributed by atoms with Crippen LogP contribution in [0.5, 0.6) is 11.5 Å². The fraction of sp³-hybridized carbons (Fsp3) is 0.422. The number of aromatic nitrogens is 5. The van der Waals surface area contributed by atoms with Gasteiger partial charge in [-0.05, 0) is 59.7 Å². The van der Waals surface area contributed by atoms with Crippen molar-refractivity contribution >= 4 is 34.0 Å². The zero-order valence-corrected chi connectivity index (χ0v) is 32.4. The first-order chi connectivity index (χ1) is 26.4. The summed E-state index contributed by atoms with van der Waals surface area (Å²) in [5, 5.41) is 4.34. The number of fused-ring (bicyclic) bond motifs is 4. The molecule has 2 aromatic carbocycles. The summed E-state index contributed by atoms with van der Waals surface area (Å²) in [7, 11) is 0. The summed E-state index contributed by atoms with van der Waals surface area (Å²) in [6, 6.07) is 11.8. The highest BCUT2D eigenvalue weighted by atomic mass is 16.5. The second-order valence-electron chi connectivity index (χ2n) is 17.6. The molecule has 1 unspecified atom stereocenters. The summed E-state index contributed by atoms with van der Waals surface area (Å²) < 4.78 is 15.0. The van der Waals surface area contributed by atoms with Crippen molar-refractivity contribution in [3.8, 4) is 22.6 Å². The Bertz CT molecular complexity index is 2410. The molecule has 9 rings (SSSR count). The minimum Gasteiger partial charge on any atom is -0.492 e. The molecule has 1 atom stereocenters. The van der Waals surface area contributed by atoms with Crippen LogP contribution in [0.25, 0.3) is 27.7 Å². The number of hydrogen-bond acceptors (Lipinski definition) is 9. The second kappa shape index (κ2) is 13.4. The third kappa shape index (κ3) is 6.70. The van der Waals surface area contributed by atoms with Crippen LogP contribution in [0.15, 0.2) is 61.1 Å². The molecule has 0 bridgehead atoms. The predicted molar refractivity (Wildman–Crippen MR) is 213 cm³/mol. The van der Waals surface area contributed by atoms with Crippen LogP contribution >= 0.6 is 0 Å². The van der Waals surface area contributed by atoms with E-state index in [1.807, 2.05) is 48.8 Å². The minimum atomic E-state index is -0.538. The molecule has 1 saturated carbocycles. The van der Waals surface area contributed by atoms with E-state index in [1.165, 1.54) is 6.42 Å². The zero-order valence-electron chi connectivity index (χ0n) is 32.4. The Labute approximate surface area is 321 Å². The summed E-state index contributed by atoms with van der Waals surface area (Å²) in [5.74, 6) is 4.77. The minimum absolute atomic E-state index is 0.0528. The lowest BCUT2D eigenvalue weighted by Gasteiger charge is -2.27. The van der Waals surface area contributed by atoms with Gasteiger partial charge in [0.15, 0.2) is 11.6 Å². The van der Waals surface area contributed by atoms with Gasteiger partial charge in [0.2, 0.25) is 0 Å². The summed E-state index contributed by atoms with van der Waals surface area (Å²) in [5.41, 5.74) is 6.09. The highest BCUT2D eigenvalue weighted by Gasteiger charge is 2.36. The Morgan fingerprint density at radius 2 is 1.58 bits per heavy atom. The molecule has 3 aliphatic heterocycles. The van der Waals surface area contributed by atoms with E-state index in [1.54, 1.807) is 0 Å². The van der Waals surface area contributed by atoms with Crippen LogP contribution in [0.4, 0.5) is 5.82 Å². The number of rotatable bonds is 7. The van der Waals surface area contributed by atoms with Gasteiger partial charge in [-0.1, -0.05) is 59.2 Å². The summed E-state index contributed by atoms with van der Waals surface area (Å²) >= 11 is 0. The van der Waals surface area contributed by atoms with Crippen LogP contribution < -0.4 is 14.8 Å². The van der Waals surface area contributed by atoms with Crippen LogP contribution in [-0.2, 0) is 13.0 Å². The van der Waals surface area contributed by atoms with Crippen molar-refractivity contribution in [2.75, 3.05) is 25.1 Å². The van der Waals surface area contributed by atoms with Gasteiger partial charge in [-0.25, -0.2) is 19.9 Å². The fourth-order valence-electron chi connectivity index (χ4n) is 8.37. The summed E-state index contributed by atoms with van der Waals surface area (Å²) in [4.78, 5) is 46.7. The van der Waals surface area contributed by atoms with E-state index in [9.17, 15) is 9.59 Å². The van der Waals surface area contributed by atoms with Crippen molar-refractivity contribution in [2.45, 2.75) is 85.6 Å². The summed E-state index contributed by atoms with van der Waals surface area (Å²) in [6.45, 7) is 12.5. The molecule has 10 nitrogen and oxygen atoms in total. The van der Waals surface area contributed by atoms with Gasteiger partial charge in [-0.15, -0.1) is 0 Å². The quantitative estimate of drug-likeness (QED) is 0.175. The number of Topliss-reactive ketones (excluding diaryl/α,β-unsaturated/α-hetero) is 2. The molecule has 3 aromatic heterocycles. The van der Waals surface area contributed by atoms with Crippen LogP contribution in [0.3, 0.4) is 0 Å². The van der Waals surface area contributed by atoms with Crippen LogP contribution in [-0.4, -0.2) is 55.8 Å². The molecule has 6 heterocycles. The van der Waals surface area contributed by atoms with Gasteiger partial charge in [0.1, 0.15) is 34.6 Å². The molecule has 0 spiro atoms. The van der Waals surface area contributed by atoms with Crippen molar-refractivity contribution in [3.63, 3.8) is 0 Å².